The SMILES string of the molecule is Cc1cnc(C2CC2)n1CC1CCCNC1. The maximum absolute atomic E-state index is 4.59. The molecule has 88 valence electrons. The molecule has 0 amide bonds. The van der Waals surface area contributed by atoms with Gasteiger partial charge in [-0.2, -0.15) is 0 Å². The van der Waals surface area contributed by atoms with Crippen LogP contribution in [0.5, 0.6) is 0 Å². The molecule has 1 saturated carbocycles. The highest BCUT2D eigenvalue weighted by Crippen LogP contribution is 2.39. The molecule has 1 N–H and O–H groups in total. The van der Waals surface area contributed by atoms with Gasteiger partial charge in [0.05, 0.1) is 0 Å². The molecule has 3 heteroatoms. The number of rotatable bonds is 3. The molecule has 1 aliphatic heterocycles. The van der Waals surface area contributed by atoms with E-state index in [0.717, 1.165) is 11.8 Å². The van der Waals surface area contributed by atoms with E-state index in [1.807, 2.05) is 6.20 Å². The van der Waals surface area contributed by atoms with Crippen molar-refractivity contribution in [2.45, 2.75) is 45.1 Å². The van der Waals surface area contributed by atoms with Crippen LogP contribution in [0.25, 0.3) is 0 Å². The molecule has 1 unspecified atom stereocenters. The van der Waals surface area contributed by atoms with Gasteiger partial charge in [-0.25, -0.2) is 4.98 Å². The number of nitrogens with one attached hydrogen (secondary N) is 1. The van der Waals surface area contributed by atoms with Crippen molar-refractivity contribution in [3.8, 4) is 0 Å². The molecule has 2 heterocycles. The fourth-order valence-electron chi connectivity index (χ4n) is 2.72. The van der Waals surface area contributed by atoms with Crippen LogP contribution in [0.2, 0.25) is 0 Å². The average Bonchev–Trinajstić information content (AvgIpc) is 3.08. The minimum atomic E-state index is 0.769. The smallest absolute Gasteiger partial charge is 0.111 e. The summed E-state index contributed by atoms with van der Waals surface area (Å²) in [4.78, 5) is 4.59. The predicted molar refractivity (Wildman–Crippen MR) is 64.5 cm³/mol. The Kier molecular flexibility index (Phi) is 2.72. The van der Waals surface area contributed by atoms with E-state index in [4.69, 9.17) is 0 Å². The average molecular weight is 219 g/mol. The summed E-state index contributed by atoms with van der Waals surface area (Å²) in [6, 6.07) is 0. The first kappa shape index (κ1) is 10.3. The minimum Gasteiger partial charge on any atom is -0.332 e. The molecule has 3 rings (SSSR count). The van der Waals surface area contributed by atoms with E-state index in [9.17, 15) is 0 Å². The molecule has 0 aromatic carbocycles. The molecule has 2 aliphatic rings. The lowest BCUT2D eigenvalue weighted by Gasteiger charge is -2.24. The van der Waals surface area contributed by atoms with Crippen molar-refractivity contribution in [2.75, 3.05) is 13.1 Å². The normalized spacial score (nSPS) is 25.9. The van der Waals surface area contributed by atoms with E-state index < -0.39 is 0 Å². The fraction of sp³-hybridized carbons (Fsp3) is 0.769. The van der Waals surface area contributed by atoms with Crippen LogP contribution < -0.4 is 5.32 Å². The molecule has 0 bridgehead atoms. The topological polar surface area (TPSA) is 29.9 Å². The number of hydrogen-bond acceptors (Lipinski definition) is 2. The van der Waals surface area contributed by atoms with E-state index >= 15 is 0 Å². The van der Waals surface area contributed by atoms with Crippen LogP contribution in [-0.4, -0.2) is 22.6 Å². The van der Waals surface area contributed by atoms with Gasteiger partial charge < -0.3 is 9.88 Å². The molecular formula is C13H21N3. The van der Waals surface area contributed by atoms with Crippen molar-refractivity contribution in [2.24, 2.45) is 5.92 Å². The number of piperidine rings is 1. The Labute approximate surface area is 97.3 Å². The number of imidazole rings is 1. The zero-order chi connectivity index (χ0) is 11.0. The van der Waals surface area contributed by atoms with Gasteiger partial charge in [0.25, 0.3) is 0 Å². The molecule has 1 aromatic heterocycles. The van der Waals surface area contributed by atoms with Crippen molar-refractivity contribution >= 4 is 0 Å². The standard InChI is InChI=1S/C13H21N3/c1-10-7-15-13(12-4-5-12)16(10)9-11-3-2-6-14-8-11/h7,11-12,14H,2-6,8-9H2,1H3. The van der Waals surface area contributed by atoms with Crippen molar-refractivity contribution in [1.29, 1.82) is 0 Å². The van der Waals surface area contributed by atoms with E-state index in [1.54, 1.807) is 0 Å². The van der Waals surface area contributed by atoms with Gasteiger partial charge in [0.1, 0.15) is 5.82 Å². The van der Waals surface area contributed by atoms with Crippen LogP contribution in [0.4, 0.5) is 0 Å². The molecule has 1 atom stereocenters. The molecule has 3 nitrogen and oxygen atoms in total. The van der Waals surface area contributed by atoms with Gasteiger partial charge >= 0.3 is 0 Å². The fourth-order valence-corrected chi connectivity index (χ4v) is 2.72. The maximum atomic E-state index is 4.59. The monoisotopic (exact) mass is 219 g/mol. The first-order valence-corrected chi connectivity index (χ1v) is 6.57. The molecular weight excluding hydrogens is 198 g/mol. The first-order chi connectivity index (χ1) is 7.84. The molecule has 16 heavy (non-hydrogen) atoms. The highest BCUT2D eigenvalue weighted by molar-refractivity contribution is 5.12. The Morgan fingerprint density at radius 1 is 1.44 bits per heavy atom. The molecule has 0 spiro atoms. The Morgan fingerprint density at radius 3 is 3.00 bits per heavy atom. The van der Waals surface area contributed by atoms with Gasteiger partial charge in [-0.15, -0.1) is 0 Å². The third-order valence-electron chi connectivity index (χ3n) is 3.87. The van der Waals surface area contributed by atoms with Crippen LogP contribution in [0.3, 0.4) is 0 Å². The highest BCUT2D eigenvalue weighted by atomic mass is 15.1. The molecule has 1 saturated heterocycles. The molecule has 1 aromatic rings. The lowest BCUT2D eigenvalue weighted by atomic mass is 9.99. The highest BCUT2D eigenvalue weighted by Gasteiger charge is 2.29. The first-order valence-electron chi connectivity index (χ1n) is 6.57. The summed E-state index contributed by atoms with van der Waals surface area (Å²) < 4.78 is 2.47. The van der Waals surface area contributed by atoms with E-state index in [2.05, 4.69) is 21.8 Å². The van der Waals surface area contributed by atoms with E-state index in [0.29, 0.717) is 0 Å². The maximum Gasteiger partial charge on any atom is 0.111 e. The third kappa shape index (κ3) is 2.01. The summed E-state index contributed by atoms with van der Waals surface area (Å²) >= 11 is 0. The minimum absolute atomic E-state index is 0.769. The summed E-state index contributed by atoms with van der Waals surface area (Å²) in [6.07, 6.45) is 7.44. The van der Waals surface area contributed by atoms with Gasteiger partial charge in [-0.05, 0) is 51.6 Å². The van der Waals surface area contributed by atoms with Crippen molar-refractivity contribution in [1.82, 2.24) is 14.9 Å². The van der Waals surface area contributed by atoms with Crippen LogP contribution in [0.15, 0.2) is 6.20 Å². The second-order valence-electron chi connectivity index (χ2n) is 5.36. The van der Waals surface area contributed by atoms with Gasteiger partial charge in [-0.1, -0.05) is 0 Å². The largest absolute Gasteiger partial charge is 0.332 e. The second-order valence-corrected chi connectivity index (χ2v) is 5.36. The molecule has 0 radical (unpaired) electrons. The number of nitrogens with zero attached hydrogens (tertiary/aromatic N) is 2. The van der Waals surface area contributed by atoms with Gasteiger partial charge in [0.15, 0.2) is 0 Å². The van der Waals surface area contributed by atoms with E-state index in [1.165, 1.54) is 56.8 Å². The zero-order valence-corrected chi connectivity index (χ0v) is 10.1. The van der Waals surface area contributed by atoms with Crippen LogP contribution in [-0.2, 0) is 6.54 Å². The summed E-state index contributed by atoms with van der Waals surface area (Å²) in [5.74, 6) is 2.92. The zero-order valence-electron chi connectivity index (χ0n) is 10.1. The number of aromatic nitrogens is 2. The van der Waals surface area contributed by atoms with E-state index in [-0.39, 0.29) is 0 Å². The number of hydrogen-bond donors (Lipinski definition) is 1. The summed E-state index contributed by atoms with van der Waals surface area (Å²) in [6.45, 7) is 5.75. The number of aryl methyl sites for hydroxylation is 1. The van der Waals surface area contributed by atoms with Gasteiger partial charge in [0, 0.05) is 24.4 Å². The summed E-state index contributed by atoms with van der Waals surface area (Å²) in [7, 11) is 0. The summed E-state index contributed by atoms with van der Waals surface area (Å²) in [5, 5.41) is 3.50. The van der Waals surface area contributed by atoms with Gasteiger partial charge in [0.2, 0.25) is 0 Å². The van der Waals surface area contributed by atoms with Crippen LogP contribution >= 0.6 is 0 Å². The Bertz CT molecular complexity index is 359. The van der Waals surface area contributed by atoms with Crippen molar-refractivity contribution < 1.29 is 0 Å². The second kappa shape index (κ2) is 4.21. The van der Waals surface area contributed by atoms with Gasteiger partial charge in [-0.3, -0.25) is 0 Å². The van der Waals surface area contributed by atoms with Crippen LogP contribution in [0, 0.1) is 12.8 Å². The molecule has 1 aliphatic carbocycles. The third-order valence-corrected chi connectivity index (χ3v) is 3.87. The van der Waals surface area contributed by atoms with Crippen molar-refractivity contribution in [3.05, 3.63) is 17.7 Å². The van der Waals surface area contributed by atoms with Crippen molar-refractivity contribution in [3.63, 3.8) is 0 Å². The Hall–Kier alpha value is -0.830. The molecule has 2 fully saturated rings. The lowest BCUT2D eigenvalue weighted by Crippen LogP contribution is -2.32. The lowest BCUT2D eigenvalue weighted by molar-refractivity contribution is 0.331. The summed E-state index contributed by atoms with van der Waals surface area (Å²) in [5.41, 5.74) is 1.34. The van der Waals surface area contributed by atoms with Crippen LogP contribution in [0.1, 0.15) is 43.1 Å². The predicted octanol–water partition coefficient (Wildman–Crippen LogP) is 2.07. The Morgan fingerprint density at radius 2 is 2.31 bits per heavy atom. The Balaban J connectivity index is 1.74. The quantitative estimate of drug-likeness (QED) is 0.843.